The summed E-state index contributed by atoms with van der Waals surface area (Å²) in [6.07, 6.45) is 0.674. The summed E-state index contributed by atoms with van der Waals surface area (Å²) in [5.41, 5.74) is 1.47. The minimum absolute atomic E-state index is 0.0611. The third-order valence-corrected chi connectivity index (χ3v) is 5.32. The van der Waals surface area contributed by atoms with E-state index in [0.717, 1.165) is 11.1 Å². The van der Waals surface area contributed by atoms with Gasteiger partial charge in [0.15, 0.2) is 0 Å². The number of cyclic esters (lactones) is 1. The normalized spacial score (nSPS) is 21.7. The molecule has 1 fully saturated rings. The van der Waals surface area contributed by atoms with E-state index >= 15 is 0 Å². The molecule has 144 valence electrons. The van der Waals surface area contributed by atoms with E-state index in [-0.39, 0.29) is 12.1 Å². The first-order valence-corrected chi connectivity index (χ1v) is 9.54. The number of nitrogens with zero attached hydrogens (tertiary/aromatic N) is 1. The second-order valence-electron chi connectivity index (χ2n) is 8.25. The van der Waals surface area contributed by atoms with Gasteiger partial charge in [-0.05, 0) is 38.8 Å². The van der Waals surface area contributed by atoms with Crippen LogP contribution in [0.3, 0.4) is 0 Å². The molecule has 2 aromatic carbocycles. The molecule has 4 nitrogen and oxygen atoms in total. The lowest BCUT2D eigenvalue weighted by Gasteiger charge is -2.45. The fourth-order valence-corrected chi connectivity index (χ4v) is 3.92. The Morgan fingerprint density at radius 1 is 1.15 bits per heavy atom. The first-order valence-electron chi connectivity index (χ1n) is 9.54. The number of hydrogen-bond acceptors (Lipinski definition) is 3. The number of aryl methyl sites for hydroxylation is 1. The van der Waals surface area contributed by atoms with E-state index in [0.29, 0.717) is 19.4 Å². The number of rotatable bonds is 5. The number of amides is 1. The molecule has 2 aromatic rings. The third kappa shape index (κ3) is 4.33. The van der Waals surface area contributed by atoms with Crippen molar-refractivity contribution in [1.82, 2.24) is 4.90 Å². The molecule has 0 aromatic heterocycles. The Kier molecular flexibility index (Phi) is 5.29. The lowest BCUT2D eigenvalue weighted by Crippen LogP contribution is -2.51. The van der Waals surface area contributed by atoms with Gasteiger partial charge >= 0.3 is 6.09 Å². The summed E-state index contributed by atoms with van der Waals surface area (Å²) in [5.74, 6) is 0. The summed E-state index contributed by atoms with van der Waals surface area (Å²) < 4.78 is 6.04. The summed E-state index contributed by atoms with van der Waals surface area (Å²) in [4.78, 5) is 14.7. The molecule has 1 amide bonds. The number of benzene rings is 2. The molecule has 0 radical (unpaired) electrons. The first kappa shape index (κ1) is 19.4. The molecular formula is C23H29NO3. The molecule has 4 heteroatoms. The van der Waals surface area contributed by atoms with Gasteiger partial charge in [0.2, 0.25) is 0 Å². The molecule has 1 aliphatic heterocycles. The Balaban J connectivity index is 1.85. The second-order valence-corrected chi connectivity index (χ2v) is 8.25. The predicted octanol–water partition coefficient (Wildman–Crippen LogP) is 4.95. The first-order chi connectivity index (χ1) is 12.7. The van der Waals surface area contributed by atoms with Crippen LogP contribution in [0.1, 0.15) is 56.3 Å². The van der Waals surface area contributed by atoms with Crippen molar-refractivity contribution in [3.05, 3.63) is 71.3 Å². The van der Waals surface area contributed by atoms with Crippen LogP contribution in [-0.4, -0.2) is 28.2 Å². The van der Waals surface area contributed by atoms with Crippen molar-refractivity contribution in [2.24, 2.45) is 0 Å². The van der Waals surface area contributed by atoms with Gasteiger partial charge in [0.25, 0.3) is 0 Å². The number of carbonyl (C=O) groups excluding carboxylic acids is 1. The zero-order chi connectivity index (χ0) is 19.7. The van der Waals surface area contributed by atoms with Crippen molar-refractivity contribution in [2.45, 2.75) is 57.8 Å². The summed E-state index contributed by atoms with van der Waals surface area (Å²) in [7, 11) is 0. The number of carbonyl (C=O) groups is 1. The van der Waals surface area contributed by atoms with Crippen molar-refractivity contribution >= 4 is 6.09 Å². The fraction of sp³-hybridized carbons (Fsp3) is 0.435. The Morgan fingerprint density at radius 2 is 1.78 bits per heavy atom. The number of aliphatic hydroxyl groups is 1. The smallest absolute Gasteiger partial charge is 0.411 e. The minimum atomic E-state index is -0.944. The highest BCUT2D eigenvalue weighted by molar-refractivity contribution is 5.70. The van der Waals surface area contributed by atoms with Crippen LogP contribution in [0.2, 0.25) is 0 Å². The van der Waals surface area contributed by atoms with Gasteiger partial charge < -0.3 is 14.7 Å². The Bertz CT molecular complexity index is 780. The van der Waals surface area contributed by atoms with Crippen LogP contribution in [0.5, 0.6) is 0 Å². The maximum Gasteiger partial charge on any atom is 0.411 e. The van der Waals surface area contributed by atoms with Crippen LogP contribution in [0.15, 0.2) is 54.6 Å². The van der Waals surface area contributed by atoms with Crippen LogP contribution >= 0.6 is 0 Å². The van der Waals surface area contributed by atoms with Gasteiger partial charge in [-0.3, -0.25) is 0 Å². The maximum absolute atomic E-state index is 13.0. The Labute approximate surface area is 161 Å². The molecule has 1 unspecified atom stereocenters. The van der Waals surface area contributed by atoms with E-state index in [1.54, 1.807) is 18.7 Å². The van der Waals surface area contributed by atoms with Gasteiger partial charge in [-0.15, -0.1) is 0 Å². The summed E-state index contributed by atoms with van der Waals surface area (Å²) >= 11 is 0. The van der Waals surface area contributed by atoms with Gasteiger partial charge in [0.1, 0.15) is 5.60 Å². The zero-order valence-electron chi connectivity index (χ0n) is 16.6. The molecule has 1 aliphatic rings. The summed E-state index contributed by atoms with van der Waals surface area (Å²) in [5, 5.41) is 10.5. The van der Waals surface area contributed by atoms with E-state index in [1.807, 2.05) is 37.3 Å². The van der Waals surface area contributed by atoms with Crippen LogP contribution < -0.4 is 0 Å². The molecule has 0 bridgehead atoms. The fourth-order valence-electron chi connectivity index (χ4n) is 3.92. The quantitative estimate of drug-likeness (QED) is 0.813. The van der Waals surface area contributed by atoms with Gasteiger partial charge in [-0.2, -0.15) is 0 Å². The van der Waals surface area contributed by atoms with Crippen molar-refractivity contribution in [1.29, 1.82) is 0 Å². The van der Waals surface area contributed by atoms with Crippen LogP contribution in [-0.2, 0) is 10.3 Å². The van der Waals surface area contributed by atoms with Crippen molar-refractivity contribution in [3.8, 4) is 0 Å². The average molecular weight is 367 g/mol. The van der Waals surface area contributed by atoms with Crippen LogP contribution in [0.4, 0.5) is 4.79 Å². The highest BCUT2D eigenvalue weighted by Gasteiger charge is 2.46. The van der Waals surface area contributed by atoms with Crippen LogP contribution in [0.25, 0.3) is 0 Å². The van der Waals surface area contributed by atoms with E-state index < -0.39 is 11.2 Å². The summed E-state index contributed by atoms with van der Waals surface area (Å²) in [6.45, 7) is 8.17. The van der Waals surface area contributed by atoms with Crippen LogP contribution in [0, 0.1) is 6.92 Å². The highest BCUT2D eigenvalue weighted by atomic mass is 16.6. The van der Waals surface area contributed by atoms with Gasteiger partial charge in [0, 0.05) is 19.4 Å². The molecule has 0 saturated carbocycles. The van der Waals surface area contributed by atoms with Gasteiger partial charge in [-0.25, -0.2) is 4.79 Å². The molecule has 1 heterocycles. The van der Waals surface area contributed by atoms with Gasteiger partial charge in [-0.1, -0.05) is 60.2 Å². The molecule has 27 heavy (non-hydrogen) atoms. The Hall–Kier alpha value is -2.33. The van der Waals surface area contributed by atoms with Gasteiger partial charge in [0.05, 0.1) is 11.6 Å². The molecule has 2 atom stereocenters. The van der Waals surface area contributed by atoms with E-state index in [9.17, 15) is 9.90 Å². The number of ether oxygens (including phenoxy) is 1. The zero-order valence-corrected chi connectivity index (χ0v) is 16.6. The lowest BCUT2D eigenvalue weighted by atomic mass is 9.80. The molecule has 3 rings (SSSR count). The lowest BCUT2D eigenvalue weighted by molar-refractivity contribution is -0.101. The molecule has 1 saturated heterocycles. The predicted molar refractivity (Wildman–Crippen MR) is 106 cm³/mol. The van der Waals surface area contributed by atoms with Crippen molar-refractivity contribution in [3.63, 3.8) is 0 Å². The topological polar surface area (TPSA) is 49.8 Å². The largest absolute Gasteiger partial charge is 0.438 e. The van der Waals surface area contributed by atoms with Crippen molar-refractivity contribution < 1.29 is 14.6 Å². The third-order valence-electron chi connectivity index (χ3n) is 5.32. The average Bonchev–Trinajstić information content (AvgIpc) is 2.61. The number of hydrogen-bond donors (Lipinski definition) is 1. The molecule has 0 spiro atoms. The highest BCUT2D eigenvalue weighted by Crippen LogP contribution is 2.42. The van der Waals surface area contributed by atoms with E-state index in [1.165, 1.54) is 5.56 Å². The monoisotopic (exact) mass is 367 g/mol. The van der Waals surface area contributed by atoms with E-state index in [4.69, 9.17) is 4.74 Å². The van der Waals surface area contributed by atoms with E-state index in [2.05, 4.69) is 31.2 Å². The molecular weight excluding hydrogens is 338 g/mol. The standard InChI is InChI=1S/C23H29NO3/c1-17-10-12-19(13-11-17)18(2)24-15-14-23(27-21(24)25,16-22(3,4)26)20-8-6-5-7-9-20/h5-13,18,26H,14-16H2,1-4H3/t18-,23?/m0/s1. The summed E-state index contributed by atoms with van der Waals surface area (Å²) in [6, 6.07) is 17.9. The van der Waals surface area contributed by atoms with Crippen molar-refractivity contribution in [2.75, 3.05) is 6.54 Å². The maximum atomic E-state index is 13.0. The minimum Gasteiger partial charge on any atom is -0.438 e. The SMILES string of the molecule is Cc1ccc([C@H](C)N2CCC(CC(C)(C)O)(c3ccccc3)OC2=O)cc1. The second kappa shape index (κ2) is 7.35. The Morgan fingerprint density at radius 3 is 2.33 bits per heavy atom. The molecule has 0 aliphatic carbocycles. The molecule has 1 N–H and O–H groups in total.